The minimum Gasteiger partial charge on any atom is -0.380 e. The first-order chi connectivity index (χ1) is 6.91. The van der Waals surface area contributed by atoms with Crippen molar-refractivity contribution in [2.24, 2.45) is 0 Å². The number of rotatable bonds is 2. The lowest BCUT2D eigenvalue weighted by molar-refractivity contribution is -0.187. The minimum atomic E-state index is -4.61. The van der Waals surface area contributed by atoms with Crippen LogP contribution >= 0.6 is 15.9 Å². The Balaban J connectivity index is 2.79. The summed E-state index contributed by atoms with van der Waals surface area (Å²) < 4.78 is 36.5. The number of hydrogen-bond acceptors (Lipinski definition) is 1. The molecule has 0 bridgehead atoms. The van der Waals surface area contributed by atoms with Gasteiger partial charge >= 0.3 is 6.18 Å². The lowest BCUT2D eigenvalue weighted by Crippen LogP contribution is -2.25. The van der Waals surface area contributed by atoms with E-state index < -0.39 is 12.3 Å². The van der Waals surface area contributed by atoms with Crippen molar-refractivity contribution in [2.75, 3.05) is 0 Å². The largest absolute Gasteiger partial charge is 0.417 e. The van der Waals surface area contributed by atoms with Gasteiger partial charge in [0.05, 0.1) is 0 Å². The molecule has 0 saturated heterocycles. The first kappa shape index (κ1) is 12.3. The van der Waals surface area contributed by atoms with Crippen LogP contribution in [-0.4, -0.2) is 17.4 Å². The highest BCUT2D eigenvalue weighted by molar-refractivity contribution is 9.10. The average molecular weight is 281 g/mol. The van der Waals surface area contributed by atoms with E-state index in [1.807, 2.05) is 0 Å². The van der Waals surface area contributed by atoms with Gasteiger partial charge in [-0.15, -0.1) is 0 Å². The van der Waals surface area contributed by atoms with Crippen LogP contribution in [0.3, 0.4) is 0 Å². The van der Waals surface area contributed by atoms with Crippen molar-refractivity contribution in [2.45, 2.75) is 12.3 Å². The number of aliphatic hydroxyl groups excluding tert-OH is 1. The van der Waals surface area contributed by atoms with Crippen LogP contribution in [0.5, 0.6) is 0 Å². The second-order valence-corrected chi connectivity index (χ2v) is 3.72. The Morgan fingerprint density at radius 2 is 1.87 bits per heavy atom. The lowest BCUT2D eigenvalue weighted by atomic mass is 10.2. The average Bonchev–Trinajstić information content (AvgIpc) is 2.14. The Bertz CT molecular complexity index is 360. The van der Waals surface area contributed by atoms with Gasteiger partial charge in [-0.2, -0.15) is 13.2 Å². The molecule has 0 aromatic heterocycles. The summed E-state index contributed by atoms with van der Waals surface area (Å²) in [5, 5.41) is 8.71. The molecular weight excluding hydrogens is 273 g/mol. The predicted octanol–water partition coefficient (Wildman–Crippen LogP) is 3.39. The van der Waals surface area contributed by atoms with Gasteiger partial charge in [-0.05, 0) is 17.7 Å². The maximum absolute atomic E-state index is 11.9. The fourth-order valence-electron chi connectivity index (χ4n) is 0.914. The molecule has 0 aliphatic rings. The first-order valence-corrected chi connectivity index (χ1v) is 4.88. The van der Waals surface area contributed by atoms with E-state index in [4.69, 9.17) is 5.11 Å². The van der Waals surface area contributed by atoms with E-state index in [2.05, 4.69) is 15.9 Å². The molecule has 0 aliphatic heterocycles. The second-order valence-electron chi connectivity index (χ2n) is 2.87. The second kappa shape index (κ2) is 4.81. The van der Waals surface area contributed by atoms with Gasteiger partial charge in [-0.3, -0.25) is 0 Å². The zero-order valence-electron chi connectivity index (χ0n) is 7.50. The van der Waals surface area contributed by atoms with Crippen molar-refractivity contribution in [1.29, 1.82) is 0 Å². The van der Waals surface area contributed by atoms with Crippen molar-refractivity contribution in [3.8, 4) is 0 Å². The summed E-state index contributed by atoms with van der Waals surface area (Å²) in [6.45, 7) is 0. The van der Waals surface area contributed by atoms with E-state index in [0.717, 1.165) is 0 Å². The van der Waals surface area contributed by atoms with E-state index in [9.17, 15) is 13.2 Å². The van der Waals surface area contributed by atoms with E-state index in [-0.39, 0.29) is 0 Å². The Hall–Kier alpha value is -0.810. The molecule has 0 aliphatic carbocycles. The van der Waals surface area contributed by atoms with Crippen molar-refractivity contribution in [3.63, 3.8) is 0 Å². The quantitative estimate of drug-likeness (QED) is 0.881. The summed E-state index contributed by atoms with van der Waals surface area (Å²) in [5.41, 5.74) is 0.584. The van der Waals surface area contributed by atoms with Gasteiger partial charge in [-0.25, -0.2) is 0 Å². The van der Waals surface area contributed by atoms with Gasteiger partial charge in [0.2, 0.25) is 0 Å². The van der Waals surface area contributed by atoms with Crippen LogP contribution in [0.1, 0.15) is 5.56 Å². The smallest absolute Gasteiger partial charge is 0.380 e. The molecule has 1 atom stereocenters. The van der Waals surface area contributed by atoms with Crippen LogP contribution in [0.2, 0.25) is 0 Å². The van der Waals surface area contributed by atoms with E-state index in [1.165, 1.54) is 6.08 Å². The zero-order valence-corrected chi connectivity index (χ0v) is 9.09. The molecule has 1 aromatic rings. The molecule has 1 unspecified atom stereocenters. The Morgan fingerprint density at radius 1 is 1.27 bits per heavy atom. The van der Waals surface area contributed by atoms with Crippen LogP contribution in [0, 0.1) is 0 Å². The monoisotopic (exact) mass is 280 g/mol. The molecular formula is C10H8BrF3O. The fraction of sp³-hybridized carbons (Fsp3) is 0.200. The van der Waals surface area contributed by atoms with Gasteiger partial charge in [0, 0.05) is 4.47 Å². The van der Waals surface area contributed by atoms with Gasteiger partial charge in [0.25, 0.3) is 0 Å². The number of alkyl halides is 3. The maximum atomic E-state index is 11.9. The van der Waals surface area contributed by atoms with Crippen LogP contribution in [-0.2, 0) is 0 Å². The van der Waals surface area contributed by atoms with Crippen molar-refractivity contribution < 1.29 is 18.3 Å². The molecule has 5 heteroatoms. The number of halogens is 4. The molecule has 0 heterocycles. The van der Waals surface area contributed by atoms with Crippen LogP contribution < -0.4 is 0 Å². The van der Waals surface area contributed by atoms with E-state index >= 15 is 0 Å². The molecule has 0 saturated carbocycles. The van der Waals surface area contributed by atoms with Crippen LogP contribution in [0.15, 0.2) is 34.8 Å². The Morgan fingerprint density at radius 3 is 2.40 bits per heavy atom. The predicted molar refractivity (Wildman–Crippen MR) is 55.2 cm³/mol. The summed E-state index contributed by atoms with van der Waals surface area (Å²) in [7, 11) is 0. The highest BCUT2D eigenvalue weighted by atomic mass is 79.9. The van der Waals surface area contributed by atoms with Crippen LogP contribution in [0.25, 0.3) is 6.08 Å². The van der Waals surface area contributed by atoms with Crippen molar-refractivity contribution in [1.82, 2.24) is 0 Å². The summed E-state index contributed by atoms with van der Waals surface area (Å²) in [6, 6.07) is 6.80. The summed E-state index contributed by atoms with van der Waals surface area (Å²) in [6.07, 6.45) is -5.11. The molecule has 1 nitrogen and oxygen atoms in total. The molecule has 0 radical (unpaired) electrons. The van der Waals surface area contributed by atoms with E-state index in [0.29, 0.717) is 16.1 Å². The Labute approximate surface area is 93.4 Å². The lowest BCUT2D eigenvalue weighted by Gasteiger charge is -2.09. The zero-order chi connectivity index (χ0) is 11.5. The van der Waals surface area contributed by atoms with Crippen molar-refractivity contribution in [3.05, 3.63) is 40.4 Å². The van der Waals surface area contributed by atoms with Gasteiger partial charge in [0.15, 0.2) is 6.10 Å². The summed E-state index contributed by atoms with van der Waals surface area (Å²) in [4.78, 5) is 0. The topological polar surface area (TPSA) is 20.2 Å². The highest BCUT2D eigenvalue weighted by Gasteiger charge is 2.36. The van der Waals surface area contributed by atoms with Gasteiger partial charge in [0.1, 0.15) is 0 Å². The first-order valence-electron chi connectivity index (χ1n) is 4.09. The number of benzene rings is 1. The minimum absolute atomic E-state index is 0.584. The molecule has 1 aromatic carbocycles. The fourth-order valence-corrected chi connectivity index (χ4v) is 1.33. The highest BCUT2D eigenvalue weighted by Crippen LogP contribution is 2.23. The molecule has 0 amide bonds. The van der Waals surface area contributed by atoms with Gasteiger partial charge < -0.3 is 5.11 Å². The molecule has 15 heavy (non-hydrogen) atoms. The third kappa shape index (κ3) is 3.68. The molecule has 1 N–H and O–H groups in total. The number of aliphatic hydroxyl groups is 1. The molecule has 82 valence electrons. The Kier molecular flexibility index (Phi) is 3.93. The third-order valence-corrected chi connectivity index (χ3v) is 2.42. The summed E-state index contributed by atoms with van der Waals surface area (Å²) in [5.74, 6) is 0. The molecule has 1 rings (SSSR count). The normalized spacial score (nSPS) is 14.5. The summed E-state index contributed by atoms with van der Waals surface area (Å²) >= 11 is 3.18. The third-order valence-electron chi connectivity index (χ3n) is 1.70. The molecule has 0 fully saturated rings. The van der Waals surface area contributed by atoms with Gasteiger partial charge in [-0.1, -0.05) is 40.2 Å². The SMILES string of the molecule is OC(/C=C/c1ccccc1Br)C(F)(F)F. The van der Waals surface area contributed by atoms with Crippen molar-refractivity contribution >= 4 is 22.0 Å². The van der Waals surface area contributed by atoms with Crippen LogP contribution in [0.4, 0.5) is 13.2 Å². The van der Waals surface area contributed by atoms with E-state index in [1.54, 1.807) is 24.3 Å². The number of hydrogen-bond donors (Lipinski definition) is 1. The maximum Gasteiger partial charge on any atom is 0.417 e. The standard InChI is InChI=1S/C10H8BrF3O/c11-8-4-2-1-3-7(8)5-6-9(15)10(12,13)14/h1-6,9,15H/b6-5+. The molecule has 0 spiro atoms.